The maximum Gasteiger partial charge on any atom is 0.237 e. The smallest absolute Gasteiger partial charge is 0.237 e. The summed E-state index contributed by atoms with van der Waals surface area (Å²) in [7, 11) is 1.91. The topological polar surface area (TPSA) is 86.6 Å². The first-order valence-electron chi connectivity index (χ1n) is 12.2. The van der Waals surface area contributed by atoms with Crippen molar-refractivity contribution in [3.05, 3.63) is 81.6 Å². The normalized spacial score (nSPS) is 10.6. The molecule has 198 valence electrons. The molecule has 0 saturated heterocycles. The Morgan fingerprint density at radius 2 is 1.87 bits per heavy atom. The Morgan fingerprint density at radius 3 is 2.51 bits per heavy atom. The molecule has 10 heteroatoms. The minimum Gasteiger partial charge on any atom is -0.491 e. The molecule has 0 aliphatic heterocycles. The predicted molar refractivity (Wildman–Crippen MR) is 159 cm³/mol. The Kier molecular flexibility index (Phi) is 9.80. The van der Waals surface area contributed by atoms with Crippen molar-refractivity contribution >= 4 is 46.2 Å². The Morgan fingerprint density at radius 1 is 1.15 bits per heavy atom. The number of thioether (sulfide) groups is 1. The summed E-state index contributed by atoms with van der Waals surface area (Å²) in [6, 6.07) is 17.1. The number of benzene rings is 2. The molecule has 0 atom stereocenters. The van der Waals surface area contributed by atoms with Gasteiger partial charge < -0.3 is 14.7 Å². The number of hydrogen-bond acceptors (Lipinski definition) is 8. The number of aromatic nitrogens is 2. The number of halogens is 1. The van der Waals surface area contributed by atoms with Gasteiger partial charge in [-0.2, -0.15) is 5.26 Å². The van der Waals surface area contributed by atoms with E-state index in [0.29, 0.717) is 44.2 Å². The Bertz CT molecular complexity index is 1510. The maximum atomic E-state index is 10.3. The number of aliphatic hydroxyl groups excluding tert-OH is 1. The molecule has 0 radical (unpaired) electrons. The van der Waals surface area contributed by atoms with Crippen molar-refractivity contribution < 1.29 is 9.84 Å². The van der Waals surface area contributed by atoms with Crippen molar-refractivity contribution in [2.75, 3.05) is 31.7 Å². The van der Waals surface area contributed by atoms with Crippen molar-refractivity contribution in [1.29, 1.82) is 5.26 Å². The second-order valence-corrected chi connectivity index (χ2v) is 10.8. The van der Waals surface area contributed by atoms with Crippen LogP contribution in [0.15, 0.2) is 58.9 Å². The van der Waals surface area contributed by atoms with Crippen LogP contribution in [0, 0.1) is 17.9 Å². The lowest BCUT2D eigenvalue weighted by Crippen LogP contribution is -2.20. The number of nitriles is 1. The van der Waals surface area contributed by atoms with Crippen LogP contribution in [0.4, 0.5) is 11.5 Å². The molecular weight excluding hydrogens is 550 g/mol. The van der Waals surface area contributed by atoms with Crippen LogP contribution in [-0.4, -0.2) is 41.9 Å². The molecular formula is C29H26ClN5O2S2. The van der Waals surface area contributed by atoms with Gasteiger partial charge in [0.05, 0.1) is 24.4 Å². The number of ether oxygens (including phenoxy) is 1. The van der Waals surface area contributed by atoms with Crippen molar-refractivity contribution in [3.8, 4) is 33.5 Å². The molecule has 2 aromatic heterocycles. The summed E-state index contributed by atoms with van der Waals surface area (Å²) in [4.78, 5) is 15.4. The first kappa shape index (κ1) is 28.4. The van der Waals surface area contributed by atoms with Crippen LogP contribution < -0.4 is 9.64 Å². The highest BCUT2D eigenvalue weighted by Gasteiger charge is 2.24. The predicted octanol–water partition coefficient (Wildman–Crippen LogP) is 7.46. The minimum absolute atomic E-state index is 0.0829. The summed E-state index contributed by atoms with van der Waals surface area (Å²) in [6.45, 7) is 10.9. The molecule has 0 unspecified atom stereocenters. The number of hydrogen-bond donors (Lipinski definition) is 1. The number of nitrogens with zero attached hydrogens (tertiary/aromatic N) is 5. The summed E-state index contributed by atoms with van der Waals surface area (Å²) >= 11 is 9.01. The van der Waals surface area contributed by atoms with Gasteiger partial charge >= 0.3 is 0 Å². The van der Waals surface area contributed by atoms with Crippen LogP contribution in [-0.2, 0) is 5.75 Å². The van der Waals surface area contributed by atoms with E-state index < -0.39 is 0 Å². The van der Waals surface area contributed by atoms with Crippen molar-refractivity contribution in [1.82, 2.24) is 9.97 Å². The van der Waals surface area contributed by atoms with Gasteiger partial charge in [-0.15, -0.1) is 11.3 Å². The lowest BCUT2D eigenvalue weighted by molar-refractivity contribution is 0.201. The van der Waals surface area contributed by atoms with Gasteiger partial charge in [-0.05, 0) is 36.2 Å². The standard InChI is InChI=1S/C29H26ClN5O2S2/c1-4-13-35(3)27-26(32-2)25(19-7-11-23(12-8-19)37-15-14-36)24(16-31)29(34-27)39-18-22-17-38-28(33-22)20-5-9-21(30)10-6-20/h5-12,17,36H,4,13-15,18H2,1,3H3. The van der Waals surface area contributed by atoms with E-state index in [4.69, 9.17) is 38.0 Å². The van der Waals surface area contributed by atoms with Gasteiger partial charge in [-0.3, -0.25) is 0 Å². The van der Waals surface area contributed by atoms with Gasteiger partial charge in [-0.25, -0.2) is 14.8 Å². The van der Waals surface area contributed by atoms with Crippen molar-refractivity contribution in [2.45, 2.75) is 24.1 Å². The van der Waals surface area contributed by atoms with Crippen molar-refractivity contribution in [3.63, 3.8) is 0 Å². The number of anilines is 1. The Labute approximate surface area is 241 Å². The average molecular weight is 576 g/mol. The average Bonchev–Trinajstić information content (AvgIpc) is 3.44. The molecule has 0 spiro atoms. The second-order valence-electron chi connectivity index (χ2n) is 8.52. The van der Waals surface area contributed by atoms with E-state index in [1.807, 2.05) is 53.7 Å². The molecule has 2 aromatic carbocycles. The van der Waals surface area contributed by atoms with E-state index >= 15 is 0 Å². The third-order valence-corrected chi connectivity index (χ3v) is 7.97. The van der Waals surface area contributed by atoms with E-state index in [2.05, 4.69) is 17.8 Å². The molecule has 7 nitrogen and oxygen atoms in total. The molecule has 0 fully saturated rings. The van der Waals surface area contributed by atoms with Gasteiger partial charge in [0.1, 0.15) is 34.3 Å². The molecule has 1 N–H and O–H groups in total. The zero-order valence-corrected chi connectivity index (χ0v) is 23.9. The summed E-state index contributed by atoms with van der Waals surface area (Å²) in [5.74, 6) is 1.67. The summed E-state index contributed by atoms with van der Waals surface area (Å²) in [5, 5.41) is 23.4. The monoisotopic (exact) mass is 575 g/mol. The van der Waals surface area contributed by atoms with E-state index in [1.165, 1.54) is 11.8 Å². The third kappa shape index (κ3) is 6.70. The maximum absolute atomic E-state index is 10.3. The highest BCUT2D eigenvalue weighted by atomic mass is 35.5. The van der Waals surface area contributed by atoms with E-state index in [9.17, 15) is 5.26 Å². The van der Waals surface area contributed by atoms with Crippen LogP contribution >= 0.6 is 34.7 Å². The first-order chi connectivity index (χ1) is 19.0. The molecule has 0 saturated carbocycles. The van der Waals surface area contributed by atoms with Gasteiger partial charge in [-0.1, -0.05) is 54.6 Å². The highest BCUT2D eigenvalue weighted by Crippen LogP contribution is 2.44. The van der Waals surface area contributed by atoms with Crippen LogP contribution in [0.1, 0.15) is 24.6 Å². The first-order valence-corrected chi connectivity index (χ1v) is 14.5. The molecule has 0 aliphatic carbocycles. The van der Waals surface area contributed by atoms with Crippen LogP contribution in [0.2, 0.25) is 5.02 Å². The minimum atomic E-state index is -0.0829. The molecule has 0 amide bonds. The van der Waals surface area contributed by atoms with Gasteiger partial charge in [0.25, 0.3) is 0 Å². The van der Waals surface area contributed by atoms with Crippen LogP contribution in [0.3, 0.4) is 0 Å². The quantitative estimate of drug-likeness (QED) is 0.147. The molecule has 0 aliphatic rings. The molecule has 0 bridgehead atoms. The van der Waals surface area contributed by atoms with Crippen LogP contribution in [0.25, 0.3) is 26.5 Å². The Balaban J connectivity index is 1.72. The summed E-state index contributed by atoms with van der Waals surface area (Å²) in [5.41, 5.74) is 3.85. The molecule has 39 heavy (non-hydrogen) atoms. The van der Waals surface area contributed by atoms with E-state index in [1.54, 1.807) is 23.5 Å². The lowest BCUT2D eigenvalue weighted by Gasteiger charge is -2.22. The Hall–Kier alpha value is -3.60. The summed E-state index contributed by atoms with van der Waals surface area (Å²) in [6.07, 6.45) is 0.886. The van der Waals surface area contributed by atoms with Crippen molar-refractivity contribution in [2.24, 2.45) is 0 Å². The number of thiazole rings is 1. The summed E-state index contributed by atoms with van der Waals surface area (Å²) < 4.78 is 5.49. The third-order valence-electron chi connectivity index (χ3n) is 5.77. The van der Waals surface area contributed by atoms with E-state index in [-0.39, 0.29) is 13.2 Å². The number of pyridine rings is 1. The van der Waals surface area contributed by atoms with E-state index in [0.717, 1.165) is 34.8 Å². The molecule has 2 heterocycles. The number of rotatable bonds is 11. The highest BCUT2D eigenvalue weighted by molar-refractivity contribution is 7.98. The molecule has 4 rings (SSSR count). The fourth-order valence-electron chi connectivity index (χ4n) is 3.97. The largest absolute Gasteiger partial charge is 0.491 e. The van der Waals surface area contributed by atoms with Crippen LogP contribution in [0.5, 0.6) is 5.75 Å². The SMILES string of the molecule is [C-]#[N+]c1c(N(C)CCC)nc(SCc2csc(-c3ccc(Cl)cc3)n2)c(C#N)c1-c1ccc(OCCO)cc1. The zero-order chi connectivity index (χ0) is 27.8. The van der Waals surface area contributed by atoms with Gasteiger partial charge in [0, 0.05) is 40.9 Å². The number of aliphatic hydroxyl groups is 1. The molecule has 4 aromatic rings. The van der Waals surface area contributed by atoms with Gasteiger partial charge in [0.2, 0.25) is 5.69 Å². The fourth-order valence-corrected chi connectivity index (χ4v) is 5.90. The fraction of sp³-hybridized carbons (Fsp3) is 0.241. The zero-order valence-electron chi connectivity index (χ0n) is 21.5. The lowest BCUT2D eigenvalue weighted by atomic mass is 9.99. The van der Waals surface area contributed by atoms with Gasteiger partial charge in [0.15, 0.2) is 0 Å². The second kappa shape index (κ2) is 13.5.